The van der Waals surface area contributed by atoms with Crippen molar-refractivity contribution in [1.29, 1.82) is 0 Å². The van der Waals surface area contributed by atoms with Crippen molar-refractivity contribution in [3.63, 3.8) is 0 Å². The zero-order valence-corrected chi connectivity index (χ0v) is 17.3. The number of aromatic nitrogens is 4. The maximum Gasteiger partial charge on any atom is 0.235 e. The summed E-state index contributed by atoms with van der Waals surface area (Å²) in [5, 5.41) is 8.68. The van der Waals surface area contributed by atoms with Crippen LogP contribution in [0, 0.1) is 0 Å². The average molecular weight is 428 g/mol. The van der Waals surface area contributed by atoms with Crippen LogP contribution in [0.1, 0.15) is 0 Å². The molecule has 9 heteroatoms. The van der Waals surface area contributed by atoms with E-state index in [9.17, 15) is 4.79 Å². The molecule has 0 atom stereocenters. The fourth-order valence-electron chi connectivity index (χ4n) is 2.82. The summed E-state index contributed by atoms with van der Waals surface area (Å²) in [6.45, 7) is 0. The summed E-state index contributed by atoms with van der Waals surface area (Å²) < 4.78 is 6.85. The number of nitrogens with one attached hydrogen (secondary N) is 2. The number of H-pyrrole nitrogens is 1. The van der Waals surface area contributed by atoms with Gasteiger partial charge in [-0.05, 0) is 24.3 Å². The minimum atomic E-state index is -0.140. The number of aryl methyl sites for hydroxylation is 1. The molecular weight excluding hydrogens is 410 g/mol. The summed E-state index contributed by atoms with van der Waals surface area (Å²) in [5.41, 5.74) is 3.38. The Bertz CT molecular complexity index is 1170. The first kappa shape index (κ1) is 19.4. The van der Waals surface area contributed by atoms with Crippen molar-refractivity contribution >= 4 is 46.1 Å². The summed E-state index contributed by atoms with van der Waals surface area (Å²) in [6.07, 6.45) is 0. The van der Waals surface area contributed by atoms with Gasteiger partial charge < -0.3 is 15.0 Å². The molecule has 0 aliphatic carbocycles. The van der Waals surface area contributed by atoms with Gasteiger partial charge in [0.2, 0.25) is 5.91 Å². The third-order valence-electron chi connectivity index (χ3n) is 4.29. The molecule has 148 valence electrons. The van der Waals surface area contributed by atoms with Crippen LogP contribution >= 0.6 is 23.4 Å². The zero-order chi connectivity index (χ0) is 20.4. The number of benzene rings is 2. The van der Waals surface area contributed by atoms with Crippen molar-refractivity contribution in [2.45, 2.75) is 5.16 Å². The Kier molecular flexibility index (Phi) is 5.46. The predicted octanol–water partition coefficient (Wildman–Crippen LogP) is 4.36. The molecule has 2 aromatic heterocycles. The largest absolute Gasteiger partial charge is 0.497 e. The number of imidazole rings is 1. The normalized spacial score (nSPS) is 11.0. The van der Waals surface area contributed by atoms with Crippen molar-refractivity contribution in [1.82, 2.24) is 19.7 Å². The van der Waals surface area contributed by atoms with Crippen molar-refractivity contribution in [2.75, 3.05) is 18.2 Å². The number of nitrogens with zero attached hydrogens (tertiary/aromatic N) is 3. The van der Waals surface area contributed by atoms with Crippen LogP contribution in [0.2, 0.25) is 5.02 Å². The molecule has 0 radical (unpaired) electrons. The summed E-state index contributed by atoms with van der Waals surface area (Å²) in [7, 11) is 3.41. The van der Waals surface area contributed by atoms with E-state index in [0.717, 1.165) is 28.0 Å². The summed E-state index contributed by atoms with van der Waals surface area (Å²) >= 11 is 7.27. The zero-order valence-electron chi connectivity index (χ0n) is 15.8. The third-order valence-corrected chi connectivity index (χ3v) is 5.42. The van der Waals surface area contributed by atoms with Crippen LogP contribution in [0.5, 0.6) is 5.75 Å². The van der Waals surface area contributed by atoms with Gasteiger partial charge in [0, 0.05) is 29.8 Å². The molecule has 0 bridgehead atoms. The van der Waals surface area contributed by atoms with Gasteiger partial charge in [-0.25, -0.2) is 4.98 Å². The van der Waals surface area contributed by atoms with Crippen LogP contribution in [-0.4, -0.2) is 38.5 Å². The molecule has 4 rings (SSSR count). The number of hydrogen-bond donors (Lipinski definition) is 2. The first-order valence-electron chi connectivity index (χ1n) is 8.78. The Balaban J connectivity index is 1.40. The number of fused-ring (bicyclic) bond motifs is 1. The van der Waals surface area contributed by atoms with Gasteiger partial charge in [-0.2, -0.15) is 5.10 Å². The van der Waals surface area contributed by atoms with E-state index in [0.29, 0.717) is 16.0 Å². The fraction of sp³-hybridized carbons (Fsp3) is 0.150. The van der Waals surface area contributed by atoms with E-state index >= 15 is 0 Å². The Morgan fingerprint density at radius 2 is 2.03 bits per heavy atom. The number of amides is 1. The van der Waals surface area contributed by atoms with Crippen molar-refractivity contribution < 1.29 is 9.53 Å². The van der Waals surface area contributed by atoms with Gasteiger partial charge in [0.05, 0.1) is 29.6 Å². The van der Waals surface area contributed by atoms with Crippen LogP contribution in [0.15, 0.2) is 53.7 Å². The lowest BCUT2D eigenvalue weighted by molar-refractivity contribution is -0.113. The lowest BCUT2D eigenvalue weighted by atomic mass is 10.1. The van der Waals surface area contributed by atoms with Crippen LogP contribution in [0.4, 0.5) is 5.82 Å². The summed E-state index contributed by atoms with van der Waals surface area (Å²) in [5.74, 6) is 1.45. The summed E-state index contributed by atoms with van der Waals surface area (Å²) in [4.78, 5) is 20.1. The Labute approximate surface area is 176 Å². The second-order valence-corrected chi connectivity index (χ2v) is 7.71. The van der Waals surface area contributed by atoms with Gasteiger partial charge in [-0.1, -0.05) is 35.5 Å². The van der Waals surface area contributed by atoms with Crippen molar-refractivity contribution in [2.24, 2.45) is 7.05 Å². The maximum absolute atomic E-state index is 12.4. The number of aromatic amines is 1. The molecule has 7 nitrogen and oxygen atoms in total. The highest BCUT2D eigenvalue weighted by Gasteiger charge is 2.12. The molecule has 0 fully saturated rings. The van der Waals surface area contributed by atoms with Crippen LogP contribution in [0.3, 0.4) is 0 Å². The lowest BCUT2D eigenvalue weighted by Gasteiger charge is -2.03. The Hall–Kier alpha value is -2.97. The fourth-order valence-corrected chi connectivity index (χ4v) is 3.63. The van der Waals surface area contributed by atoms with Gasteiger partial charge >= 0.3 is 0 Å². The maximum atomic E-state index is 12.4. The van der Waals surface area contributed by atoms with Crippen LogP contribution in [-0.2, 0) is 11.8 Å². The molecule has 4 aromatic rings. The van der Waals surface area contributed by atoms with E-state index in [4.69, 9.17) is 16.3 Å². The number of hydrogen-bond acceptors (Lipinski definition) is 5. The number of ether oxygens (including phenoxy) is 1. The van der Waals surface area contributed by atoms with Gasteiger partial charge in [0.1, 0.15) is 11.6 Å². The first-order valence-corrected chi connectivity index (χ1v) is 10.1. The lowest BCUT2D eigenvalue weighted by Crippen LogP contribution is -2.16. The summed E-state index contributed by atoms with van der Waals surface area (Å²) in [6, 6.07) is 14.8. The smallest absolute Gasteiger partial charge is 0.235 e. The third kappa shape index (κ3) is 4.38. The molecule has 0 unspecified atom stereocenters. The molecule has 2 N–H and O–H groups in total. The van der Waals surface area contributed by atoms with Gasteiger partial charge in [0.25, 0.3) is 0 Å². The topological polar surface area (TPSA) is 84.8 Å². The average Bonchev–Trinajstić information content (AvgIpc) is 3.29. The van der Waals surface area contributed by atoms with Crippen molar-refractivity contribution in [3.05, 3.63) is 53.6 Å². The number of rotatable bonds is 6. The standard InChI is InChI=1S/C20H18ClN5O2S/c1-26-18(10-16(25-26)12-3-5-13(21)6-4-12)24-19(27)11-29-20-22-15-8-7-14(28-2)9-17(15)23-20/h3-10H,11H2,1-2H3,(H,22,23)(H,24,27). The second kappa shape index (κ2) is 8.18. The highest BCUT2D eigenvalue weighted by molar-refractivity contribution is 7.99. The quantitative estimate of drug-likeness (QED) is 0.447. The van der Waals surface area contributed by atoms with Crippen LogP contribution in [0.25, 0.3) is 22.3 Å². The molecular formula is C20H18ClN5O2S. The van der Waals surface area contributed by atoms with Gasteiger partial charge in [-0.3, -0.25) is 9.48 Å². The highest BCUT2D eigenvalue weighted by atomic mass is 35.5. The van der Waals surface area contributed by atoms with Gasteiger partial charge in [0.15, 0.2) is 5.16 Å². The number of halogens is 1. The highest BCUT2D eigenvalue weighted by Crippen LogP contribution is 2.25. The first-order chi connectivity index (χ1) is 14.0. The minimum absolute atomic E-state index is 0.140. The molecule has 1 amide bonds. The molecule has 0 spiro atoms. The molecule has 0 saturated carbocycles. The number of methoxy groups -OCH3 is 1. The van der Waals surface area contributed by atoms with Crippen LogP contribution < -0.4 is 10.1 Å². The molecule has 2 heterocycles. The van der Waals surface area contributed by atoms with E-state index in [2.05, 4.69) is 20.4 Å². The Morgan fingerprint density at radius 1 is 1.24 bits per heavy atom. The predicted molar refractivity (Wildman–Crippen MR) is 116 cm³/mol. The van der Waals surface area contributed by atoms with E-state index in [-0.39, 0.29) is 11.7 Å². The van der Waals surface area contributed by atoms with Gasteiger partial charge in [-0.15, -0.1) is 0 Å². The SMILES string of the molecule is COc1ccc2nc(SCC(=O)Nc3cc(-c4ccc(Cl)cc4)nn3C)[nH]c2c1. The van der Waals surface area contributed by atoms with E-state index < -0.39 is 0 Å². The molecule has 0 saturated heterocycles. The number of anilines is 1. The second-order valence-electron chi connectivity index (χ2n) is 6.31. The molecule has 2 aromatic carbocycles. The van der Waals surface area contributed by atoms with E-state index in [1.165, 1.54) is 11.8 Å². The van der Waals surface area contributed by atoms with E-state index in [1.807, 2.05) is 48.5 Å². The number of thioether (sulfide) groups is 1. The minimum Gasteiger partial charge on any atom is -0.497 e. The van der Waals surface area contributed by atoms with E-state index in [1.54, 1.807) is 18.8 Å². The molecule has 0 aliphatic heterocycles. The number of carbonyl (C=O) groups is 1. The Morgan fingerprint density at radius 3 is 2.79 bits per heavy atom. The molecule has 0 aliphatic rings. The number of carbonyl (C=O) groups excluding carboxylic acids is 1. The molecule has 29 heavy (non-hydrogen) atoms. The monoisotopic (exact) mass is 427 g/mol. The van der Waals surface area contributed by atoms with Crippen molar-refractivity contribution in [3.8, 4) is 17.0 Å².